The Hall–Kier alpha value is -4.02. The van der Waals surface area contributed by atoms with Gasteiger partial charge in [0.1, 0.15) is 23.7 Å². The Morgan fingerprint density at radius 1 is 1.07 bits per heavy atom. The Morgan fingerprint density at radius 3 is 2.49 bits per heavy atom. The van der Waals surface area contributed by atoms with Gasteiger partial charge in [-0.15, -0.1) is 0 Å². The smallest absolute Gasteiger partial charge is 0.410 e. The molecule has 3 aromatic rings. The number of rotatable bonds is 5. The summed E-state index contributed by atoms with van der Waals surface area (Å²) in [5, 5.41) is 3.02. The summed E-state index contributed by atoms with van der Waals surface area (Å²) in [7, 11) is 0. The summed E-state index contributed by atoms with van der Waals surface area (Å²) in [6.07, 6.45) is 4.20. The van der Waals surface area contributed by atoms with Crippen molar-refractivity contribution in [2.24, 2.45) is 0 Å². The summed E-state index contributed by atoms with van der Waals surface area (Å²) < 4.78 is 40.9. The molecule has 1 N–H and O–H groups in total. The molecule has 2 aliphatic heterocycles. The second-order valence-electron chi connectivity index (χ2n) is 11.7. The van der Waals surface area contributed by atoms with Crippen molar-refractivity contribution in [2.75, 3.05) is 36.5 Å². The monoisotopic (exact) mass is 566 g/mol. The number of anilines is 3. The first-order valence-electron chi connectivity index (χ1n) is 14.0. The van der Waals surface area contributed by atoms with Gasteiger partial charge in [-0.3, -0.25) is 0 Å². The number of carbonyl (C=O) groups is 1. The van der Waals surface area contributed by atoms with E-state index in [0.29, 0.717) is 43.3 Å². The predicted octanol–water partition coefficient (Wildman–Crippen LogP) is 6.28. The molecular formula is C30H36F2N6O3. The number of aromatic nitrogens is 3. The van der Waals surface area contributed by atoms with Crippen LogP contribution in [-0.2, 0) is 4.74 Å². The van der Waals surface area contributed by atoms with Crippen LogP contribution >= 0.6 is 0 Å². The molecule has 2 aromatic heterocycles. The highest BCUT2D eigenvalue weighted by molar-refractivity contribution is 5.73. The molecule has 9 nitrogen and oxygen atoms in total. The van der Waals surface area contributed by atoms with Crippen molar-refractivity contribution in [2.45, 2.75) is 65.0 Å². The highest BCUT2D eigenvalue weighted by atomic mass is 19.1. The highest BCUT2D eigenvalue weighted by Crippen LogP contribution is 2.39. The van der Waals surface area contributed by atoms with Crippen molar-refractivity contribution in [3.8, 4) is 17.0 Å². The molecule has 1 saturated heterocycles. The number of amides is 1. The number of halogens is 2. The number of benzene rings is 1. The summed E-state index contributed by atoms with van der Waals surface area (Å²) in [6, 6.07) is 6.85. The Bertz CT molecular complexity index is 1400. The molecule has 0 bridgehead atoms. The van der Waals surface area contributed by atoms with Gasteiger partial charge in [-0.1, -0.05) is 6.07 Å². The minimum Gasteiger partial charge on any atom is -0.486 e. The molecule has 0 saturated carbocycles. The van der Waals surface area contributed by atoms with Crippen LogP contribution in [0.25, 0.3) is 11.3 Å². The number of nitrogens with zero attached hydrogens (tertiary/aromatic N) is 5. The number of pyridine rings is 1. The molecule has 0 radical (unpaired) electrons. The molecule has 5 rings (SSSR count). The van der Waals surface area contributed by atoms with E-state index < -0.39 is 17.2 Å². The molecule has 2 aliphatic rings. The first kappa shape index (κ1) is 28.5. The van der Waals surface area contributed by atoms with Crippen LogP contribution in [0, 0.1) is 11.6 Å². The van der Waals surface area contributed by atoms with Gasteiger partial charge >= 0.3 is 6.09 Å². The largest absolute Gasteiger partial charge is 0.486 e. The minimum absolute atomic E-state index is 0.0214. The number of piperidine rings is 1. The summed E-state index contributed by atoms with van der Waals surface area (Å²) in [5.41, 5.74) is 1.40. The number of fused-ring (bicyclic) bond motifs is 1. The van der Waals surface area contributed by atoms with E-state index in [-0.39, 0.29) is 35.4 Å². The van der Waals surface area contributed by atoms with Gasteiger partial charge in [-0.25, -0.2) is 28.5 Å². The standard InChI is InChI=1S/C30H36F2N6O3/c1-18(2)38-12-13-40-27-22(31)14-21(15-24(27)38)26-23(32)17-34-28(36-26)35-25-7-6-20(16-33-25)19-8-10-37(11-9-19)29(39)41-30(3,4)5/h6-7,14-19H,8-13H2,1-5H3,(H,33,34,35,36). The zero-order valence-electron chi connectivity index (χ0n) is 24.1. The predicted molar refractivity (Wildman–Crippen MR) is 153 cm³/mol. The zero-order chi connectivity index (χ0) is 29.3. The Labute approximate surface area is 238 Å². The molecule has 218 valence electrons. The fourth-order valence-corrected chi connectivity index (χ4v) is 5.16. The van der Waals surface area contributed by atoms with Crippen LogP contribution in [0.15, 0.2) is 36.7 Å². The van der Waals surface area contributed by atoms with Crippen molar-refractivity contribution in [3.63, 3.8) is 0 Å². The lowest BCUT2D eigenvalue weighted by atomic mass is 9.90. The molecule has 11 heteroatoms. The number of ether oxygens (including phenoxy) is 2. The lowest BCUT2D eigenvalue weighted by molar-refractivity contribution is 0.0205. The van der Waals surface area contributed by atoms with E-state index in [1.807, 2.05) is 51.7 Å². The van der Waals surface area contributed by atoms with Crippen LogP contribution in [0.4, 0.5) is 31.0 Å². The number of hydrogen-bond donors (Lipinski definition) is 1. The van der Waals surface area contributed by atoms with Gasteiger partial charge in [0, 0.05) is 30.9 Å². The average molecular weight is 567 g/mol. The zero-order valence-corrected chi connectivity index (χ0v) is 24.1. The third-order valence-corrected chi connectivity index (χ3v) is 7.20. The van der Waals surface area contributed by atoms with E-state index >= 15 is 0 Å². The lowest BCUT2D eigenvalue weighted by Gasteiger charge is -2.34. The number of hydrogen-bond acceptors (Lipinski definition) is 8. The van der Waals surface area contributed by atoms with Gasteiger partial charge < -0.3 is 24.6 Å². The van der Waals surface area contributed by atoms with Gasteiger partial charge in [-0.2, -0.15) is 0 Å². The third kappa shape index (κ3) is 6.49. The van der Waals surface area contributed by atoms with E-state index in [1.165, 1.54) is 6.07 Å². The average Bonchev–Trinajstić information content (AvgIpc) is 2.93. The van der Waals surface area contributed by atoms with Crippen LogP contribution in [0.3, 0.4) is 0 Å². The third-order valence-electron chi connectivity index (χ3n) is 7.20. The van der Waals surface area contributed by atoms with Crippen LogP contribution in [0.2, 0.25) is 0 Å². The molecule has 1 aromatic carbocycles. The lowest BCUT2D eigenvalue weighted by Crippen LogP contribution is -2.41. The maximum Gasteiger partial charge on any atom is 0.410 e. The molecule has 1 amide bonds. The topological polar surface area (TPSA) is 92.7 Å². The Morgan fingerprint density at radius 2 is 1.83 bits per heavy atom. The number of nitrogens with one attached hydrogen (secondary N) is 1. The Kier molecular flexibility index (Phi) is 7.97. The van der Waals surface area contributed by atoms with Crippen molar-refractivity contribution in [1.29, 1.82) is 0 Å². The number of carbonyl (C=O) groups excluding carboxylic acids is 1. The maximum atomic E-state index is 15.0. The quantitative estimate of drug-likeness (QED) is 0.386. The van der Waals surface area contributed by atoms with Gasteiger partial charge in [0.15, 0.2) is 17.4 Å². The van der Waals surface area contributed by atoms with Crippen molar-refractivity contribution in [3.05, 3.63) is 53.9 Å². The molecule has 0 spiro atoms. The first-order valence-corrected chi connectivity index (χ1v) is 14.0. The van der Waals surface area contributed by atoms with E-state index in [4.69, 9.17) is 9.47 Å². The molecule has 41 heavy (non-hydrogen) atoms. The summed E-state index contributed by atoms with van der Waals surface area (Å²) in [6.45, 7) is 11.8. The molecule has 0 atom stereocenters. The van der Waals surface area contributed by atoms with Crippen LogP contribution in [0.5, 0.6) is 5.75 Å². The molecular weight excluding hydrogens is 530 g/mol. The van der Waals surface area contributed by atoms with E-state index in [0.717, 1.165) is 24.6 Å². The van der Waals surface area contributed by atoms with Crippen molar-refractivity contribution < 1.29 is 23.0 Å². The van der Waals surface area contributed by atoms with E-state index in [2.05, 4.69) is 20.3 Å². The fraction of sp³-hybridized carbons (Fsp3) is 0.467. The van der Waals surface area contributed by atoms with Gasteiger partial charge in [0.25, 0.3) is 0 Å². The summed E-state index contributed by atoms with van der Waals surface area (Å²) in [5.74, 6) is -0.150. The number of likely N-dealkylation sites (tertiary alicyclic amines) is 1. The van der Waals surface area contributed by atoms with E-state index in [9.17, 15) is 13.6 Å². The molecule has 0 unspecified atom stereocenters. The van der Waals surface area contributed by atoms with Crippen molar-refractivity contribution >= 4 is 23.5 Å². The second-order valence-corrected chi connectivity index (χ2v) is 11.7. The van der Waals surface area contributed by atoms with Crippen LogP contribution in [0.1, 0.15) is 58.9 Å². The SMILES string of the molecule is CC(C)N1CCOc2c(F)cc(-c3nc(Nc4ccc(C5CCN(C(=O)OC(C)(C)C)CC5)cn4)ncc3F)cc21. The molecule has 4 heterocycles. The van der Waals surface area contributed by atoms with Gasteiger partial charge in [0.2, 0.25) is 5.95 Å². The minimum atomic E-state index is -0.663. The van der Waals surface area contributed by atoms with Crippen molar-refractivity contribution in [1.82, 2.24) is 19.9 Å². The van der Waals surface area contributed by atoms with Gasteiger partial charge in [0.05, 0.1) is 18.4 Å². The normalized spacial score (nSPS) is 15.9. The Balaban J connectivity index is 1.28. The summed E-state index contributed by atoms with van der Waals surface area (Å²) >= 11 is 0. The second kappa shape index (κ2) is 11.5. The molecule has 0 aliphatic carbocycles. The molecule has 1 fully saturated rings. The van der Waals surface area contributed by atoms with Crippen LogP contribution < -0.4 is 15.0 Å². The fourth-order valence-electron chi connectivity index (χ4n) is 5.16. The van der Waals surface area contributed by atoms with Gasteiger partial charge in [-0.05, 0) is 77.1 Å². The van der Waals surface area contributed by atoms with Crippen LogP contribution in [-0.4, -0.2) is 63.8 Å². The maximum absolute atomic E-state index is 15.0. The summed E-state index contributed by atoms with van der Waals surface area (Å²) in [4.78, 5) is 29.0. The highest BCUT2D eigenvalue weighted by Gasteiger charge is 2.28. The van der Waals surface area contributed by atoms with E-state index in [1.54, 1.807) is 17.2 Å². The first-order chi connectivity index (χ1) is 19.5.